The number of carbonyl (C=O) groups is 2. The molecule has 0 bridgehead atoms. The molecule has 1 amide bonds. The van der Waals surface area contributed by atoms with Gasteiger partial charge in [-0.25, -0.2) is 17.5 Å². The summed E-state index contributed by atoms with van der Waals surface area (Å²) >= 11 is 0. The van der Waals surface area contributed by atoms with Gasteiger partial charge in [0.2, 0.25) is 15.9 Å². The number of sulfonamides is 1. The SMILES string of the molecule is COC(=O)[C@@H](CO)NC(=O)/C=C/c1ccc(OC)c(S(=O)(=O)N(C)C)c1. The van der Waals surface area contributed by atoms with Gasteiger partial charge in [-0.15, -0.1) is 0 Å². The van der Waals surface area contributed by atoms with Gasteiger partial charge < -0.3 is 19.9 Å². The second kappa shape index (κ2) is 9.32. The summed E-state index contributed by atoms with van der Waals surface area (Å²) in [5.41, 5.74) is 0.431. The number of nitrogens with one attached hydrogen (secondary N) is 1. The predicted octanol–water partition coefficient (Wildman–Crippen LogP) is -0.391. The largest absolute Gasteiger partial charge is 0.495 e. The molecule has 0 aliphatic heterocycles. The average molecular weight is 386 g/mol. The summed E-state index contributed by atoms with van der Waals surface area (Å²) in [6.45, 7) is -0.611. The van der Waals surface area contributed by atoms with Crippen molar-refractivity contribution in [1.29, 1.82) is 0 Å². The third-order valence-electron chi connectivity index (χ3n) is 3.36. The fraction of sp³-hybridized carbons (Fsp3) is 0.375. The Morgan fingerprint density at radius 3 is 2.46 bits per heavy atom. The van der Waals surface area contributed by atoms with Crippen molar-refractivity contribution in [2.45, 2.75) is 10.9 Å². The number of esters is 1. The molecule has 0 saturated carbocycles. The third-order valence-corrected chi connectivity index (χ3v) is 5.19. The number of aliphatic hydroxyl groups is 1. The fourth-order valence-electron chi connectivity index (χ4n) is 1.91. The Balaban J connectivity index is 3.05. The smallest absolute Gasteiger partial charge is 0.330 e. The minimum atomic E-state index is -3.74. The number of hydrogen-bond donors (Lipinski definition) is 2. The minimum absolute atomic E-state index is 0.0460. The average Bonchev–Trinajstić information content (AvgIpc) is 2.63. The van der Waals surface area contributed by atoms with Crippen LogP contribution in [0, 0.1) is 0 Å². The number of carbonyl (C=O) groups excluding carboxylic acids is 2. The van der Waals surface area contributed by atoms with Crippen LogP contribution in [0.4, 0.5) is 0 Å². The highest BCUT2D eigenvalue weighted by Gasteiger charge is 2.22. The van der Waals surface area contributed by atoms with Crippen LogP contribution < -0.4 is 10.1 Å². The topological polar surface area (TPSA) is 122 Å². The first-order chi connectivity index (χ1) is 12.2. The molecule has 1 atom stereocenters. The van der Waals surface area contributed by atoms with Crippen LogP contribution in [0.25, 0.3) is 6.08 Å². The van der Waals surface area contributed by atoms with E-state index in [1.54, 1.807) is 6.07 Å². The van der Waals surface area contributed by atoms with Gasteiger partial charge in [0.15, 0.2) is 6.04 Å². The molecule has 0 saturated heterocycles. The molecule has 1 aromatic carbocycles. The molecule has 9 nitrogen and oxygen atoms in total. The van der Waals surface area contributed by atoms with Gasteiger partial charge in [-0.1, -0.05) is 6.07 Å². The van der Waals surface area contributed by atoms with Crippen LogP contribution in [0.5, 0.6) is 5.75 Å². The van der Waals surface area contributed by atoms with Crippen molar-refractivity contribution in [3.8, 4) is 5.75 Å². The van der Waals surface area contributed by atoms with E-state index in [1.165, 1.54) is 39.4 Å². The molecular formula is C16H22N2O7S. The van der Waals surface area contributed by atoms with Crippen molar-refractivity contribution in [3.05, 3.63) is 29.8 Å². The second-order valence-corrected chi connectivity index (χ2v) is 7.42. The van der Waals surface area contributed by atoms with Crippen molar-refractivity contribution < 1.29 is 32.6 Å². The third kappa shape index (κ3) is 5.28. The van der Waals surface area contributed by atoms with Crippen molar-refractivity contribution in [2.24, 2.45) is 0 Å². The van der Waals surface area contributed by atoms with Crippen LogP contribution >= 0.6 is 0 Å². The molecule has 0 aromatic heterocycles. The highest BCUT2D eigenvalue weighted by molar-refractivity contribution is 7.89. The number of nitrogens with zero attached hydrogens (tertiary/aromatic N) is 1. The highest BCUT2D eigenvalue weighted by atomic mass is 32.2. The molecule has 0 unspecified atom stereocenters. The monoisotopic (exact) mass is 386 g/mol. The summed E-state index contributed by atoms with van der Waals surface area (Å²) in [6, 6.07) is 3.22. The Hall–Kier alpha value is -2.43. The highest BCUT2D eigenvalue weighted by Crippen LogP contribution is 2.27. The number of benzene rings is 1. The maximum Gasteiger partial charge on any atom is 0.330 e. The zero-order valence-corrected chi connectivity index (χ0v) is 15.7. The number of aliphatic hydroxyl groups excluding tert-OH is 1. The Bertz CT molecular complexity index is 788. The molecule has 0 aliphatic rings. The molecule has 0 spiro atoms. The fourth-order valence-corrected chi connectivity index (χ4v) is 2.99. The van der Waals surface area contributed by atoms with Crippen LogP contribution in [-0.4, -0.2) is 70.7 Å². The Labute approximate surface area is 152 Å². The van der Waals surface area contributed by atoms with Crippen LogP contribution in [0.2, 0.25) is 0 Å². The second-order valence-electron chi connectivity index (χ2n) is 5.30. The minimum Gasteiger partial charge on any atom is -0.495 e. The molecule has 1 rings (SSSR count). The van der Waals surface area contributed by atoms with E-state index in [2.05, 4.69) is 10.1 Å². The number of methoxy groups -OCH3 is 2. The van der Waals surface area contributed by atoms with E-state index in [1.807, 2.05) is 0 Å². The Kier molecular flexibility index (Phi) is 7.75. The lowest BCUT2D eigenvalue weighted by molar-refractivity contribution is -0.145. The molecule has 0 heterocycles. The lowest BCUT2D eigenvalue weighted by atomic mass is 10.2. The van der Waals surface area contributed by atoms with Crippen LogP contribution in [0.1, 0.15) is 5.56 Å². The van der Waals surface area contributed by atoms with Gasteiger partial charge in [0.25, 0.3) is 0 Å². The molecule has 10 heteroatoms. The molecule has 1 aromatic rings. The molecule has 0 fully saturated rings. The predicted molar refractivity (Wildman–Crippen MR) is 93.9 cm³/mol. The molecule has 2 N–H and O–H groups in total. The molecule has 26 heavy (non-hydrogen) atoms. The summed E-state index contributed by atoms with van der Waals surface area (Å²) in [5, 5.41) is 11.3. The van der Waals surface area contributed by atoms with Gasteiger partial charge in [-0.3, -0.25) is 4.79 Å². The van der Waals surface area contributed by atoms with Crippen molar-refractivity contribution in [1.82, 2.24) is 9.62 Å². The summed E-state index contributed by atoms with van der Waals surface area (Å²) in [7, 11) is 1.54. The summed E-state index contributed by atoms with van der Waals surface area (Å²) < 4.78 is 35.3. The standard InChI is InChI=1S/C16H22N2O7S/c1-18(2)26(22,23)14-9-11(5-7-13(14)24-3)6-8-15(20)17-12(10-19)16(21)25-4/h5-9,12,19H,10H2,1-4H3,(H,17,20)/b8-6+/t12-/m1/s1. The van der Waals surface area contributed by atoms with E-state index in [-0.39, 0.29) is 10.6 Å². The zero-order valence-electron chi connectivity index (χ0n) is 14.9. The maximum absolute atomic E-state index is 12.4. The lowest BCUT2D eigenvalue weighted by Crippen LogP contribution is -2.43. The summed E-state index contributed by atoms with van der Waals surface area (Å²) in [6.07, 6.45) is 2.48. The van der Waals surface area contributed by atoms with Crippen LogP contribution in [0.15, 0.2) is 29.2 Å². The van der Waals surface area contributed by atoms with Gasteiger partial charge in [0, 0.05) is 20.2 Å². The number of ether oxygens (including phenoxy) is 2. The van der Waals surface area contributed by atoms with Gasteiger partial charge in [-0.05, 0) is 23.8 Å². The van der Waals surface area contributed by atoms with Gasteiger partial charge in [0.05, 0.1) is 20.8 Å². The zero-order chi connectivity index (χ0) is 19.9. The Morgan fingerprint density at radius 2 is 1.96 bits per heavy atom. The molecular weight excluding hydrogens is 364 g/mol. The van der Waals surface area contributed by atoms with Gasteiger partial charge in [0.1, 0.15) is 10.6 Å². The number of amides is 1. The maximum atomic E-state index is 12.4. The van der Waals surface area contributed by atoms with E-state index >= 15 is 0 Å². The number of rotatable bonds is 8. The molecule has 0 radical (unpaired) electrons. The van der Waals surface area contributed by atoms with Crippen molar-refractivity contribution in [2.75, 3.05) is 34.9 Å². The molecule has 0 aliphatic carbocycles. The number of hydrogen-bond acceptors (Lipinski definition) is 7. The first kappa shape index (κ1) is 21.6. The summed E-state index contributed by atoms with van der Waals surface area (Å²) in [4.78, 5) is 23.1. The first-order valence-electron chi connectivity index (χ1n) is 7.45. The van der Waals surface area contributed by atoms with Gasteiger partial charge in [-0.2, -0.15) is 0 Å². The van der Waals surface area contributed by atoms with E-state index in [4.69, 9.17) is 9.84 Å². The van der Waals surface area contributed by atoms with E-state index in [0.29, 0.717) is 5.56 Å². The van der Waals surface area contributed by atoms with Gasteiger partial charge >= 0.3 is 5.97 Å². The van der Waals surface area contributed by atoms with Crippen LogP contribution in [-0.2, 0) is 24.3 Å². The quantitative estimate of drug-likeness (QED) is 0.461. The van der Waals surface area contributed by atoms with Crippen molar-refractivity contribution in [3.63, 3.8) is 0 Å². The Morgan fingerprint density at radius 1 is 1.31 bits per heavy atom. The normalized spacial score (nSPS) is 12.8. The first-order valence-corrected chi connectivity index (χ1v) is 8.89. The van der Waals surface area contributed by atoms with Crippen LogP contribution in [0.3, 0.4) is 0 Å². The van der Waals surface area contributed by atoms with Crippen molar-refractivity contribution >= 4 is 28.0 Å². The summed E-state index contributed by atoms with van der Waals surface area (Å²) in [5.74, 6) is -1.26. The molecule has 144 valence electrons. The van der Waals surface area contributed by atoms with E-state index in [9.17, 15) is 18.0 Å². The lowest BCUT2D eigenvalue weighted by Gasteiger charge is -2.15. The van der Waals surface area contributed by atoms with E-state index < -0.39 is 34.5 Å². The van der Waals surface area contributed by atoms with E-state index in [0.717, 1.165) is 17.5 Å².